The van der Waals surface area contributed by atoms with Crippen LogP contribution in [-0.2, 0) is 67.7 Å². The summed E-state index contributed by atoms with van der Waals surface area (Å²) in [6.45, 7) is 0. The molecule has 4 aromatic carbocycles. The Bertz CT molecular complexity index is 5760. The van der Waals surface area contributed by atoms with E-state index < -0.39 is 108 Å². The third kappa shape index (κ3) is 2.56. The first kappa shape index (κ1) is 40.8. The Morgan fingerprint density at radius 2 is 1.30 bits per heavy atom. The normalized spacial score (nSPS) is 43.2. The van der Waals surface area contributed by atoms with Crippen LogP contribution in [-0.4, -0.2) is 103 Å². The number of aliphatic hydroxyl groups is 5. The zero-order valence-electron chi connectivity index (χ0n) is 41.8. The Kier molecular flexibility index (Phi) is 4.69. The lowest BCUT2D eigenvalue weighted by molar-refractivity contribution is -0.203. The van der Waals surface area contributed by atoms with Gasteiger partial charge in [-0.1, -0.05) is 36.4 Å². The van der Waals surface area contributed by atoms with Gasteiger partial charge >= 0.3 is 23.9 Å². The molecule has 8 spiro atoms. The summed E-state index contributed by atoms with van der Waals surface area (Å²) in [6.07, 6.45) is 15.6. The summed E-state index contributed by atoms with van der Waals surface area (Å²) in [6, 6.07) is 6.36. The molecule has 18 heteroatoms. The quantitative estimate of drug-likeness (QED) is 0.126. The predicted molar refractivity (Wildman–Crippen MR) is 276 cm³/mol. The van der Waals surface area contributed by atoms with Crippen LogP contribution in [0.2, 0.25) is 0 Å². The van der Waals surface area contributed by atoms with Gasteiger partial charge in [0.1, 0.15) is 17.1 Å². The molecule has 0 bridgehead atoms. The van der Waals surface area contributed by atoms with Gasteiger partial charge in [0.15, 0.2) is 67.2 Å². The number of carboxylic acids is 4. The zero-order valence-corrected chi connectivity index (χ0v) is 41.8. The molecule has 12 unspecified atom stereocenters. The maximum absolute atomic E-state index is 15.3. The van der Waals surface area contributed by atoms with Gasteiger partial charge < -0.3 is 70.0 Å². The largest absolute Gasteiger partial charge is 0.507 e. The lowest BCUT2D eigenvalue weighted by Crippen LogP contribution is -2.79. The molecule has 26 rings (SSSR count). The number of hydrogen-bond acceptors (Lipinski definition) is 14. The molecule has 0 radical (unpaired) electrons. The lowest BCUT2D eigenvalue weighted by atomic mass is 9.33. The van der Waals surface area contributed by atoms with Gasteiger partial charge in [-0.05, 0) is 114 Å². The van der Waals surface area contributed by atoms with Crippen LogP contribution < -0.4 is 20.9 Å². The summed E-state index contributed by atoms with van der Waals surface area (Å²) < 4.78 is 31.4. The van der Waals surface area contributed by atoms with E-state index >= 15 is 10.2 Å². The van der Waals surface area contributed by atoms with Gasteiger partial charge in [-0.15, -0.1) is 0 Å². The molecule has 18 aliphatic carbocycles. The van der Waals surface area contributed by atoms with Gasteiger partial charge in [-0.25, -0.2) is 19.2 Å². The number of ether oxygens (including phenoxy) is 4. The molecule has 4 saturated heterocycles. The van der Waals surface area contributed by atoms with Crippen molar-refractivity contribution in [1.29, 1.82) is 0 Å². The van der Waals surface area contributed by atoms with Crippen LogP contribution in [0.3, 0.4) is 0 Å². The van der Waals surface area contributed by atoms with E-state index in [1.54, 1.807) is 42.5 Å². The summed E-state index contributed by atoms with van der Waals surface area (Å²) in [5.74, 6) is -6.89. The van der Waals surface area contributed by atoms with Crippen molar-refractivity contribution >= 4 is 71.2 Å². The van der Waals surface area contributed by atoms with E-state index in [0.717, 1.165) is 0 Å². The van der Waals surface area contributed by atoms with Crippen LogP contribution in [0.4, 0.5) is 0 Å². The highest BCUT2D eigenvalue weighted by molar-refractivity contribution is 6.22. The zero-order chi connectivity index (χ0) is 55.8. The van der Waals surface area contributed by atoms with Gasteiger partial charge in [0, 0.05) is 99.9 Å². The average molecular weight is 1100 g/mol. The van der Waals surface area contributed by atoms with Crippen molar-refractivity contribution in [3.63, 3.8) is 0 Å². The van der Waals surface area contributed by atoms with E-state index in [1.165, 1.54) is 42.5 Å². The third-order valence-corrected chi connectivity index (χ3v) is 24.9. The van der Waals surface area contributed by atoms with Crippen LogP contribution in [0.15, 0.2) is 127 Å². The Balaban J connectivity index is 1.01. The summed E-state index contributed by atoms with van der Waals surface area (Å²) >= 11 is 0. The molecule has 84 heavy (non-hydrogen) atoms. The maximum atomic E-state index is 15.3. The number of epoxide rings is 4. The number of carbonyl (C=O) groups is 4. The Labute approximate surface area is 463 Å². The minimum absolute atomic E-state index is 0.0140. The molecule has 5 fully saturated rings. The van der Waals surface area contributed by atoms with Crippen molar-refractivity contribution in [2.75, 3.05) is 0 Å². The molecule has 4 heterocycles. The van der Waals surface area contributed by atoms with Crippen LogP contribution in [0, 0.1) is 0 Å². The monoisotopic (exact) mass is 1100 g/mol. The third-order valence-electron chi connectivity index (χ3n) is 24.9. The van der Waals surface area contributed by atoms with E-state index in [0.29, 0.717) is 44.2 Å². The highest BCUT2D eigenvalue weighted by atomic mass is 16.7. The molecule has 18 nitrogen and oxygen atoms in total. The molecule has 22 aliphatic rings. The number of allylic oxidation sites excluding steroid dienone is 2. The molecule has 4 aliphatic heterocycles. The van der Waals surface area contributed by atoms with Gasteiger partial charge in [0.05, 0.1) is 16.7 Å². The fraction of sp³-hybridized carbons (Fsp3) is 0.182. The van der Waals surface area contributed by atoms with Crippen molar-refractivity contribution in [2.24, 2.45) is 0 Å². The van der Waals surface area contributed by atoms with Crippen molar-refractivity contribution in [2.45, 2.75) is 67.2 Å². The minimum Gasteiger partial charge on any atom is -0.507 e. The number of aromatic carboxylic acids is 2. The first-order valence-electron chi connectivity index (χ1n) is 27.5. The van der Waals surface area contributed by atoms with E-state index in [-0.39, 0.29) is 138 Å². The second-order valence-corrected chi connectivity index (χ2v) is 26.4. The van der Waals surface area contributed by atoms with Gasteiger partial charge in [-0.3, -0.25) is 0 Å². The SMILES string of the molecule is O=C(O)C1=CC2=Cc3cc4c5c6c3C37OC23C2=C1C=CC1=Cc3c(C(=O)O)c(O)c8c9c3C(O)(C7=C3C6=C6C7=C%10C(=CC(=C8)C78OC398)C(C(=O)O)=c3ccc7c8c3C%103OC39C63OC53c3c5c(c(C(=O)O)cc3=C4O)=CC(=CC=7)C8(O)C59O)C12O. The Hall–Kier alpha value is -9.34. The fourth-order valence-corrected chi connectivity index (χ4v) is 23.1. The van der Waals surface area contributed by atoms with E-state index in [9.17, 15) is 60.0 Å². The molecule has 1 saturated carbocycles. The average Bonchev–Trinajstić information content (AvgIpc) is 1.35. The van der Waals surface area contributed by atoms with Crippen molar-refractivity contribution in [3.05, 3.63) is 231 Å². The van der Waals surface area contributed by atoms with Crippen LogP contribution in [0.25, 0.3) is 47.3 Å². The summed E-state index contributed by atoms with van der Waals surface area (Å²) in [4.78, 5) is 56.3. The lowest BCUT2D eigenvalue weighted by Gasteiger charge is -2.66. The molecular formula is C66H24O18. The first-order valence-corrected chi connectivity index (χ1v) is 27.5. The standard InChI is InChI=1S/C66H24O18/c67-47-28-8-16-7-19-11-24(51(69)70)21-6-4-18-10-27-32(54(75)76)48(68)29-13-20-12-26-31(53(73)74)22-5-2-15-1-3-17-9-23-25(52(71)72)14-30(47)42-43(23)64(80)55(17,77)36(15)39(22)62-40(26)46-44-34-33(37(28)61(42)65(44,83-61)66(62,64)84-62)35(16)63-50-45(34)60(58(20,46)81-60)41(29)38(27)57(50,79)56(18,78)49(21)59(19,63)82-63/h1-14,67-68,77-80H,(H,69,70)(H,71,72)(H,73,74)(H,75,76). The molecule has 12 atom stereocenters. The smallest absolute Gasteiger partial charge is 0.340 e. The Morgan fingerprint density at radius 3 is 2.08 bits per heavy atom. The van der Waals surface area contributed by atoms with E-state index in [1.807, 2.05) is 0 Å². The minimum atomic E-state index is -2.82. The molecule has 0 aromatic heterocycles. The number of phenols is 1. The van der Waals surface area contributed by atoms with Gasteiger partial charge in [0.2, 0.25) is 0 Å². The maximum Gasteiger partial charge on any atom is 0.340 e. The number of rotatable bonds is 4. The second-order valence-electron chi connectivity index (χ2n) is 26.4. The van der Waals surface area contributed by atoms with Gasteiger partial charge in [-0.2, -0.15) is 0 Å². The summed E-state index contributed by atoms with van der Waals surface area (Å²) in [7, 11) is 0. The number of hydrogen-bond donors (Lipinski definition) is 10. The van der Waals surface area contributed by atoms with E-state index in [2.05, 4.69) is 0 Å². The predicted octanol–water partition coefficient (Wildman–Crippen LogP) is 0.657. The number of aliphatic carboxylic acids is 2. The highest BCUT2D eigenvalue weighted by Crippen LogP contribution is 3.00. The molecule has 396 valence electrons. The number of aromatic hydroxyl groups is 1. The molecular weight excluding hydrogens is 1080 g/mol. The van der Waals surface area contributed by atoms with Crippen molar-refractivity contribution in [3.8, 4) is 5.75 Å². The summed E-state index contributed by atoms with van der Waals surface area (Å²) in [5, 5.41) is 133. The van der Waals surface area contributed by atoms with Crippen molar-refractivity contribution < 1.29 is 89.2 Å². The Morgan fingerprint density at radius 1 is 0.512 bits per heavy atom. The number of carboxylic acid groups (broad SMARTS) is 4. The molecule has 10 N–H and O–H groups in total. The van der Waals surface area contributed by atoms with Crippen LogP contribution in [0.1, 0.15) is 93.0 Å². The van der Waals surface area contributed by atoms with Crippen LogP contribution >= 0.6 is 0 Å². The fourth-order valence-electron chi connectivity index (χ4n) is 23.1. The van der Waals surface area contributed by atoms with E-state index in [4.69, 9.17) is 18.9 Å². The van der Waals surface area contributed by atoms with Gasteiger partial charge in [0.25, 0.3) is 0 Å². The molecule has 4 aromatic rings. The number of aliphatic hydroxyl groups excluding tert-OH is 1. The second kappa shape index (κ2) is 9.66. The summed E-state index contributed by atoms with van der Waals surface area (Å²) in [5.41, 5.74) is -23.7. The number of benzene rings is 4. The first-order chi connectivity index (χ1) is 40.2. The highest BCUT2D eigenvalue weighted by Gasteiger charge is 3.10. The topological polar surface area (TPSA) is 321 Å². The molecule has 0 amide bonds. The van der Waals surface area contributed by atoms with Crippen molar-refractivity contribution in [1.82, 2.24) is 0 Å². The van der Waals surface area contributed by atoms with Crippen LogP contribution in [0.5, 0.6) is 5.75 Å².